The van der Waals surface area contributed by atoms with Crippen molar-refractivity contribution in [1.82, 2.24) is 24.1 Å². The number of hydrogen-bond donors (Lipinski definition) is 1. The fourth-order valence-corrected chi connectivity index (χ4v) is 3.04. The topological polar surface area (TPSA) is 84.5 Å². The average molecular weight is 338 g/mol. The van der Waals surface area contributed by atoms with Crippen molar-refractivity contribution < 1.29 is 4.79 Å². The number of rotatable bonds is 4. The Bertz CT molecular complexity index is 963. The second-order valence-electron chi connectivity index (χ2n) is 6.09. The fourth-order valence-electron chi connectivity index (χ4n) is 3.04. The van der Waals surface area contributed by atoms with E-state index in [0.717, 1.165) is 17.9 Å². The number of nitrogens with zero attached hydrogens (tertiary/aromatic N) is 5. The lowest BCUT2D eigenvalue weighted by Gasteiger charge is -2.18. The van der Waals surface area contributed by atoms with Gasteiger partial charge in [-0.25, -0.2) is 9.50 Å². The molecule has 3 aromatic rings. The molecule has 0 bridgehead atoms. The summed E-state index contributed by atoms with van der Waals surface area (Å²) in [5, 5.41) is 7.80. The van der Waals surface area contributed by atoms with Gasteiger partial charge in [0.25, 0.3) is 5.56 Å². The molecule has 8 heteroatoms. The minimum absolute atomic E-state index is 0.0457. The molecule has 1 N–H and O–H groups in total. The normalized spacial score (nSPS) is 17.1. The van der Waals surface area contributed by atoms with Gasteiger partial charge in [-0.1, -0.05) is 6.07 Å². The highest BCUT2D eigenvalue weighted by Gasteiger charge is 2.26. The first kappa shape index (κ1) is 15.4. The van der Waals surface area contributed by atoms with E-state index in [1.807, 2.05) is 12.1 Å². The van der Waals surface area contributed by atoms with Gasteiger partial charge in [0.15, 0.2) is 5.65 Å². The molecular weight excluding hydrogens is 320 g/mol. The quantitative estimate of drug-likeness (QED) is 0.753. The Morgan fingerprint density at radius 1 is 1.24 bits per heavy atom. The van der Waals surface area contributed by atoms with Crippen molar-refractivity contribution in [3.8, 4) is 0 Å². The lowest BCUT2D eigenvalue weighted by molar-refractivity contribution is -0.130. The molecular formula is C17H18N6O2. The zero-order chi connectivity index (χ0) is 17.2. The van der Waals surface area contributed by atoms with E-state index in [1.54, 1.807) is 40.1 Å². The summed E-state index contributed by atoms with van der Waals surface area (Å²) in [6.45, 7) is 1.35. The van der Waals surface area contributed by atoms with Gasteiger partial charge in [0, 0.05) is 43.8 Å². The number of nitrogens with one attached hydrogen (secondary N) is 1. The van der Waals surface area contributed by atoms with Crippen LogP contribution in [0, 0.1) is 0 Å². The molecule has 0 saturated carbocycles. The van der Waals surface area contributed by atoms with Crippen molar-refractivity contribution in [2.75, 3.05) is 18.4 Å². The van der Waals surface area contributed by atoms with E-state index < -0.39 is 0 Å². The molecule has 4 heterocycles. The predicted octanol–water partition coefficient (Wildman–Crippen LogP) is 0.604. The SMILES string of the molecule is O=C(Cn1ccccc1=O)N1CC[C@H](Nc2ccc3nccn3n2)C1. The molecule has 0 spiro atoms. The Morgan fingerprint density at radius 2 is 2.16 bits per heavy atom. The van der Waals surface area contributed by atoms with Gasteiger partial charge in [0.05, 0.1) is 0 Å². The number of fused-ring (bicyclic) bond motifs is 1. The van der Waals surface area contributed by atoms with Crippen LogP contribution in [0.1, 0.15) is 6.42 Å². The summed E-state index contributed by atoms with van der Waals surface area (Å²) in [5.74, 6) is 0.708. The number of anilines is 1. The first-order valence-corrected chi connectivity index (χ1v) is 8.19. The first-order valence-electron chi connectivity index (χ1n) is 8.19. The summed E-state index contributed by atoms with van der Waals surface area (Å²) < 4.78 is 3.14. The molecule has 1 saturated heterocycles. The van der Waals surface area contributed by atoms with Gasteiger partial charge in [0.1, 0.15) is 12.4 Å². The van der Waals surface area contributed by atoms with Gasteiger partial charge in [-0.3, -0.25) is 9.59 Å². The lowest BCUT2D eigenvalue weighted by Crippen LogP contribution is -2.36. The van der Waals surface area contributed by atoms with Crippen LogP contribution in [0.2, 0.25) is 0 Å². The Labute approximate surface area is 143 Å². The van der Waals surface area contributed by atoms with E-state index in [2.05, 4.69) is 15.4 Å². The zero-order valence-electron chi connectivity index (χ0n) is 13.6. The van der Waals surface area contributed by atoms with E-state index in [0.29, 0.717) is 13.1 Å². The molecule has 0 aromatic carbocycles. The second kappa shape index (κ2) is 6.39. The van der Waals surface area contributed by atoms with Crippen molar-refractivity contribution in [3.05, 3.63) is 59.3 Å². The Morgan fingerprint density at radius 3 is 3.04 bits per heavy atom. The molecule has 1 amide bonds. The molecule has 128 valence electrons. The molecule has 4 rings (SSSR count). The van der Waals surface area contributed by atoms with Gasteiger partial charge in [-0.2, -0.15) is 0 Å². The standard InChI is InChI=1S/C17H18N6O2/c24-16-3-1-2-8-21(16)12-17(25)22-9-6-13(11-22)19-14-4-5-15-18-7-10-23(15)20-14/h1-5,7-8,10,13H,6,9,11-12H2,(H,19,20)/t13-/m0/s1. The van der Waals surface area contributed by atoms with E-state index >= 15 is 0 Å². The summed E-state index contributed by atoms with van der Waals surface area (Å²) in [6, 6.07) is 8.81. The van der Waals surface area contributed by atoms with Crippen molar-refractivity contribution in [3.63, 3.8) is 0 Å². The first-order chi connectivity index (χ1) is 12.2. The Kier molecular flexibility index (Phi) is 3.93. The molecule has 25 heavy (non-hydrogen) atoms. The molecule has 3 aromatic heterocycles. The van der Waals surface area contributed by atoms with Crippen molar-refractivity contribution in [2.24, 2.45) is 0 Å². The number of amides is 1. The van der Waals surface area contributed by atoms with E-state index in [9.17, 15) is 9.59 Å². The van der Waals surface area contributed by atoms with E-state index in [1.165, 1.54) is 10.6 Å². The molecule has 1 aliphatic rings. The molecule has 0 radical (unpaired) electrons. The number of hydrogen-bond acceptors (Lipinski definition) is 5. The Hall–Kier alpha value is -3.16. The van der Waals surface area contributed by atoms with Crippen molar-refractivity contribution in [1.29, 1.82) is 0 Å². The number of pyridine rings is 1. The minimum atomic E-state index is -0.164. The molecule has 1 atom stereocenters. The third-order valence-electron chi connectivity index (χ3n) is 4.35. The number of carbonyl (C=O) groups excluding carboxylic acids is 1. The summed E-state index contributed by atoms with van der Waals surface area (Å²) in [5.41, 5.74) is 0.629. The fraction of sp³-hybridized carbons (Fsp3) is 0.294. The molecule has 0 aliphatic carbocycles. The number of aromatic nitrogens is 4. The van der Waals surface area contributed by atoms with Crippen LogP contribution in [0.3, 0.4) is 0 Å². The second-order valence-corrected chi connectivity index (χ2v) is 6.09. The zero-order valence-corrected chi connectivity index (χ0v) is 13.6. The van der Waals surface area contributed by atoms with Crippen LogP contribution in [0.25, 0.3) is 5.65 Å². The van der Waals surface area contributed by atoms with Gasteiger partial charge in [-0.15, -0.1) is 5.10 Å². The third kappa shape index (κ3) is 3.23. The van der Waals surface area contributed by atoms with Gasteiger partial charge < -0.3 is 14.8 Å². The molecule has 8 nitrogen and oxygen atoms in total. The van der Waals surface area contributed by atoms with Crippen LogP contribution >= 0.6 is 0 Å². The van der Waals surface area contributed by atoms with E-state index in [-0.39, 0.29) is 24.1 Å². The van der Waals surface area contributed by atoms with Crippen molar-refractivity contribution >= 4 is 17.4 Å². The van der Waals surface area contributed by atoms with Crippen molar-refractivity contribution in [2.45, 2.75) is 19.0 Å². The predicted molar refractivity (Wildman–Crippen MR) is 92.3 cm³/mol. The number of imidazole rings is 1. The van der Waals surface area contributed by atoms with E-state index in [4.69, 9.17) is 0 Å². The maximum Gasteiger partial charge on any atom is 0.250 e. The maximum absolute atomic E-state index is 12.4. The van der Waals surface area contributed by atoms with Crippen LogP contribution in [0.15, 0.2) is 53.7 Å². The maximum atomic E-state index is 12.4. The van der Waals surface area contributed by atoms with Gasteiger partial charge >= 0.3 is 0 Å². The van der Waals surface area contributed by atoms with Crippen LogP contribution in [0.4, 0.5) is 5.82 Å². The van der Waals surface area contributed by atoms with Crippen LogP contribution in [-0.4, -0.2) is 49.1 Å². The highest BCUT2D eigenvalue weighted by molar-refractivity contribution is 5.76. The Balaban J connectivity index is 1.38. The summed E-state index contributed by atoms with van der Waals surface area (Å²) in [7, 11) is 0. The summed E-state index contributed by atoms with van der Waals surface area (Å²) >= 11 is 0. The van der Waals surface area contributed by atoms with Crippen LogP contribution in [-0.2, 0) is 11.3 Å². The third-order valence-corrected chi connectivity index (χ3v) is 4.35. The largest absolute Gasteiger partial charge is 0.364 e. The smallest absolute Gasteiger partial charge is 0.250 e. The monoisotopic (exact) mass is 338 g/mol. The lowest BCUT2D eigenvalue weighted by atomic mass is 10.2. The number of likely N-dealkylation sites (tertiary alicyclic amines) is 1. The highest BCUT2D eigenvalue weighted by atomic mass is 16.2. The summed E-state index contributed by atoms with van der Waals surface area (Å²) in [6.07, 6.45) is 5.98. The van der Waals surface area contributed by atoms with Crippen LogP contribution < -0.4 is 10.9 Å². The molecule has 1 fully saturated rings. The minimum Gasteiger partial charge on any atom is -0.364 e. The molecule has 1 aliphatic heterocycles. The number of carbonyl (C=O) groups is 1. The highest BCUT2D eigenvalue weighted by Crippen LogP contribution is 2.15. The average Bonchev–Trinajstić information content (AvgIpc) is 3.26. The van der Waals surface area contributed by atoms with Crippen LogP contribution in [0.5, 0.6) is 0 Å². The summed E-state index contributed by atoms with van der Waals surface area (Å²) in [4.78, 5) is 30.1. The molecule has 0 unspecified atom stereocenters. The van der Waals surface area contributed by atoms with Gasteiger partial charge in [0.2, 0.25) is 5.91 Å². The van der Waals surface area contributed by atoms with Gasteiger partial charge in [-0.05, 0) is 24.6 Å².